The summed E-state index contributed by atoms with van der Waals surface area (Å²) in [6.07, 6.45) is 2.10. The van der Waals surface area contributed by atoms with E-state index in [0.717, 1.165) is 12.8 Å². The summed E-state index contributed by atoms with van der Waals surface area (Å²) in [5.41, 5.74) is 0. The van der Waals surface area contributed by atoms with Crippen LogP contribution in [-0.4, -0.2) is 34.5 Å². The maximum Gasteiger partial charge on any atom is 0.135 e. The molecule has 18 heavy (non-hydrogen) atoms. The fourth-order valence-corrected chi connectivity index (χ4v) is 2.95. The Morgan fingerprint density at radius 3 is 2.39 bits per heavy atom. The lowest BCUT2D eigenvalue weighted by Gasteiger charge is -2.19. The molecule has 0 aromatic rings. The zero-order valence-electron chi connectivity index (χ0n) is 11.2. The van der Waals surface area contributed by atoms with Crippen LogP contribution in [0.5, 0.6) is 0 Å². The molecule has 0 aromatic carbocycles. The number of aliphatic hydroxyl groups excluding tert-OH is 2. The average molecular weight is 256 g/mol. The van der Waals surface area contributed by atoms with E-state index in [-0.39, 0.29) is 24.0 Å². The van der Waals surface area contributed by atoms with Crippen molar-refractivity contribution < 1.29 is 19.8 Å². The van der Waals surface area contributed by atoms with E-state index >= 15 is 0 Å². The summed E-state index contributed by atoms with van der Waals surface area (Å²) in [6.45, 7) is 3.99. The lowest BCUT2D eigenvalue weighted by atomic mass is 9.87. The first-order valence-corrected chi connectivity index (χ1v) is 6.89. The number of carbonyl (C=O) groups is 2. The molecule has 4 atom stereocenters. The van der Waals surface area contributed by atoms with Crippen LogP contribution in [-0.2, 0) is 9.59 Å². The molecule has 0 heterocycles. The maximum absolute atomic E-state index is 11.9. The molecule has 4 nitrogen and oxygen atoms in total. The Labute approximate surface area is 108 Å². The molecule has 0 bridgehead atoms. The fourth-order valence-electron chi connectivity index (χ4n) is 2.95. The van der Waals surface area contributed by atoms with Crippen LogP contribution in [0.3, 0.4) is 0 Å². The topological polar surface area (TPSA) is 74.6 Å². The van der Waals surface area contributed by atoms with E-state index in [4.69, 9.17) is 0 Å². The van der Waals surface area contributed by atoms with Crippen molar-refractivity contribution in [1.82, 2.24) is 0 Å². The van der Waals surface area contributed by atoms with E-state index in [1.807, 2.05) is 13.8 Å². The van der Waals surface area contributed by atoms with Crippen molar-refractivity contribution in [1.29, 1.82) is 0 Å². The van der Waals surface area contributed by atoms with Crippen LogP contribution in [0.4, 0.5) is 0 Å². The molecule has 0 saturated heterocycles. The number of hydrogen-bond acceptors (Lipinski definition) is 4. The lowest BCUT2D eigenvalue weighted by molar-refractivity contribution is -0.124. The third kappa shape index (κ3) is 3.39. The molecule has 4 heteroatoms. The number of hydrogen-bond donors (Lipinski definition) is 2. The first-order chi connectivity index (χ1) is 8.54. The number of rotatable bonds is 7. The van der Waals surface area contributed by atoms with E-state index in [1.165, 1.54) is 0 Å². The smallest absolute Gasteiger partial charge is 0.135 e. The molecule has 1 rings (SSSR count). The Morgan fingerprint density at radius 1 is 1.28 bits per heavy atom. The van der Waals surface area contributed by atoms with Gasteiger partial charge in [0, 0.05) is 24.7 Å². The molecule has 1 aliphatic carbocycles. The number of aldehydes is 1. The van der Waals surface area contributed by atoms with Gasteiger partial charge in [-0.15, -0.1) is 0 Å². The van der Waals surface area contributed by atoms with Gasteiger partial charge < -0.3 is 15.0 Å². The highest BCUT2D eigenvalue weighted by Crippen LogP contribution is 2.34. The second kappa shape index (κ2) is 7.00. The van der Waals surface area contributed by atoms with Gasteiger partial charge in [0.1, 0.15) is 12.1 Å². The SMILES string of the molecule is CCC(CC)C(=O)CC[C@H]1[C@@H](C=O)[C@H](O)C[C@@H]1O. The summed E-state index contributed by atoms with van der Waals surface area (Å²) in [5, 5.41) is 19.4. The zero-order valence-corrected chi connectivity index (χ0v) is 11.2. The largest absolute Gasteiger partial charge is 0.393 e. The molecule has 0 amide bonds. The van der Waals surface area contributed by atoms with E-state index in [9.17, 15) is 19.8 Å². The number of Topliss-reactive ketones (excluding diaryl/α,β-unsaturated/α-hetero) is 1. The minimum Gasteiger partial charge on any atom is -0.393 e. The maximum atomic E-state index is 11.9. The van der Waals surface area contributed by atoms with Crippen LogP contribution in [0, 0.1) is 17.8 Å². The van der Waals surface area contributed by atoms with Crippen molar-refractivity contribution >= 4 is 12.1 Å². The Morgan fingerprint density at radius 2 is 1.89 bits per heavy atom. The molecule has 1 fully saturated rings. The van der Waals surface area contributed by atoms with Crippen molar-refractivity contribution in [3.8, 4) is 0 Å². The molecule has 0 unspecified atom stereocenters. The molecule has 104 valence electrons. The summed E-state index contributed by atoms with van der Waals surface area (Å²) >= 11 is 0. The predicted molar refractivity (Wildman–Crippen MR) is 68.0 cm³/mol. The quantitative estimate of drug-likeness (QED) is 0.674. The van der Waals surface area contributed by atoms with Crippen LogP contribution < -0.4 is 0 Å². The Balaban J connectivity index is 2.51. The lowest BCUT2D eigenvalue weighted by Crippen LogP contribution is -2.25. The molecule has 0 aromatic heterocycles. The molecule has 1 saturated carbocycles. The van der Waals surface area contributed by atoms with Crippen molar-refractivity contribution in [3.63, 3.8) is 0 Å². The third-order valence-corrected chi connectivity index (χ3v) is 4.24. The number of aliphatic hydroxyl groups is 2. The Hall–Kier alpha value is -0.740. The van der Waals surface area contributed by atoms with Gasteiger partial charge in [-0.05, 0) is 25.2 Å². The molecule has 0 aliphatic heterocycles. The minimum atomic E-state index is -0.759. The van der Waals surface area contributed by atoms with Crippen molar-refractivity contribution in [2.24, 2.45) is 17.8 Å². The summed E-state index contributed by atoms with van der Waals surface area (Å²) in [4.78, 5) is 22.8. The fraction of sp³-hybridized carbons (Fsp3) is 0.857. The molecule has 0 spiro atoms. The van der Waals surface area contributed by atoms with E-state index in [1.54, 1.807) is 0 Å². The van der Waals surface area contributed by atoms with Gasteiger partial charge in [-0.2, -0.15) is 0 Å². The van der Waals surface area contributed by atoms with Gasteiger partial charge in [-0.3, -0.25) is 4.79 Å². The van der Waals surface area contributed by atoms with Crippen LogP contribution in [0.2, 0.25) is 0 Å². The zero-order chi connectivity index (χ0) is 13.7. The molecule has 1 aliphatic rings. The van der Waals surface area contributed by atoms with Crippen LogP contribution >= 0.6 is 0 Å². The number of ketones is 1. The highest BCUT2D eigenvalue weighted by atomic mass is 16.3. The summed E-state index contributed by atoms with van der Waals surface area (Å²) in [5.74, 6) is -0.494. The van der Waals surface area contributed by atoms with Gasteiger partial charge in [0.25, 0.3) is 0 Å². The van der Waals surface area contributed by atoms with Crippen molar-refractivity contribution in [3.05, 3.63) is 0 Å². The van der Waals surface area contributed by atoms with Gasteiger partial charge in [0.15, 0.2) is 0 Å². The van der Waals surface area contributed by atoms with E-state index in [2.05, 4.69) is 0 Å². The first kappa shape index (κ1) is 15.3. The van der Waals surface area contributed by atoms with Crippen LogP contribution in [0.15, 0.2) is 0 Å². The monoisotopic (exact) mass is 256 g/mol. The molecule has 2 N–H and O–H groups in total. The highest BCUT2D eigenvalue weighted by molar-refractivity contribution is 5.80. The van der Waals surface area contributed by atoms with Gasteiger partial charge in [0.05, 0.1) is 12.2 Å². The first-order valence-electron chi connectivity index (χ1n) is 6.89. The van der Waals surface area contributed by atoms with Gasteiger partial charge in [-0.1, -0.05) is 13.8 Å². The second-order valence-electron chi connectivity index (χ2n) is 5.27. The Kier molecular flexibility index (Phi) is 5.96. The molecule has 0 radical (unpaired) electrons. The summed E-state index contributed by atoms with van der Waals surface area (Å²) < 4.78 is 0. The van der Waals surface area contributed by atoms with Gasteiger partial charge in [0.2, 0.25) is 0 Å². The number of carbonyl (C=O) groups excluding carboxylic acids is 2. The van der Waals surface area contributed by atoms with Gasteiger partial charge in [-0.25, -0.2) is 0 Å². The van der Waals surface area contributed by atoms with Crippen molar-refractivity contribution in [2.45, 2.75) is 58.2 Å². The molecular formula is C14H24O4. The average Bonchev–Trinajstić information content (AvgIpc) is 2.62. The van der Waals surface area contributed by atoms with Crippen LogP contribution in [0.1, 0.15) is 46.0 Å². The van der Waals surface area contributed by atoms with Gasteiger partial charge >= 0.3 is 0 Å². The van der Waals surface area contributed by atoms with Crippen molar-refractivity contribution in [2.75, 3.05) is 0 Å². The molecular weight excluding hydrogens is 232 g/mol. The minimum absolute atomic E-state index is 0.0863. The standard InChI is InChI=1S/C14H24O4/c1-3-9(4-2)12(16)6-5-10-11(8-15)14(18)7-13(10)17/h8-11,13-14,17-18H,3-7H2,1-2H3/t10-,11+,13-,14+/m0/s1. The Bertz CT molecular complexity index is 286. The highest BCUT2D eigenvalue weighted by Gasteiger charge is 2.41. The van der Waals surface area contributed by atoms with E-state index in [0.29, 0.717) is 19.1 Å². The second-order valence-corrected chi connectivity index (χ2v) is 5.27. The van der Waals surface area contributed by atoms with E-state index < -0.39 is 18.1 Å². The third-order valence-electron chi connectivity index (χ3n) is 4.24. The predicted octanol–water partition coefficient (Wildman–Crippen LogP) is 1.33. The normalized spacial score (nSPS) is 31.8. The summed E-state index contributed by atoms with van der Waals surface area (Å²) in [6, 6.07) is 0. The van der Waals surface area contributed by atoms with Crippen LogP contribution in [0.25, 0.3) is 0 Å². The summed E-state index contributed by atoms with van der Waals surface area (Å²) in [7, 11) is 0.